The number of aromatic nitrogens is 1. The van der Waals surface area contributed by atoms with Crippen LogP contribution in [0, 0.1) is 0 Å². The van der Waals surface area contributed by atoms with Crippen LogP contribution in [0.1, 0.15) is 41.6 Å². The first-order chi connectivity index (χ1) is 14.9. The Hall–Kier alpha value is -3.16. The van der Waals surface area contributed by atoms with Crippen LogP contribution in [0.2, 0.25) is 5.02 Å². The highest BCUT2D eigenvalue weighted by Gasteiger charge is 2.44. The van der Waals surface area contributed by atoms with Gasteiger partial charge in [0.2, 0.25) is 5.76 Å². The average Bonchev–Trinajstić information content (AvgIpc) is 3.36. The summed E-state index contributed by atoms with van der Waals surface area (Å²) in [5.74, 6) is 0.343. The van der Waals surface area contributed by atoms with Crippen molar-refractivity contribution in [3.8, 4) is 5.75 Å². The molecule has 1 aliphatic rings. The largest absolute Gasteiger partial charge is 0.491 e. The van der Waals surface area contributed by atoms with E-state index in [0.29, 0.717) is 26.9 Å². The van der Waals surface area contributed by atoms with Gasteiger partial charge in [0.15, 0.2) is 10.6 Å². The Labute approximate surface area is 186 Å². The summed E-state index contributed by atoms with van der Waals surface area (Å²) >= 11 is 7.43. The van der Waals surface area contributed by atoms with Gasteiger partial charge in [0, 0.05) is 16.6 Å². The molecule has 0 N–H and O–H groups in total. The third-order valence-electron chi connectivity index (χ3n) is 5.03. The van der Waals surface area contributed by atoms with Crippen LogP contribution in [0.5, 0.6) is 5.75 Å². The van der Waals surface area contributed by atoms with Gasteiger partial charge in [-0.1, -0.05) is 23.7 Å². The molecule has 0 saturated carbocycles. The van der Waals surface area contributed by atoms with Crippen molar-refractivity contribution in [2.24, 2.45) is 0 Å². The molecule has 1 amide bonds. The van der Waals surface area contributed by atoms with E-state index in [1.54, 1.807) is 29.8 Å². The van der Waals surface area contributed by atoms with Gasteiger partial charge in [-0.25, -0.2) is 4.98 Å². The molecule has 0 bridgehead atoms. The number of ether oxygens (including phenoxy) is 1. The summed E-state index contributed by atoms with van der Waals surface area (Å²) in [6.45, 7) is 3.90. The Kier molecular flexibility index (Phi) is 4.79. The van der Waals surface area contributed by atoms with Crippen LogP contribution >= 0.6 is 22.9 Å². The number of nitrogens with zero attached hydrogens (tertiary/aromatic N) is 2. The van der Waals surface area contributed by atoms with E-state index >= 15 is 0 Å². The van der Waals surface area contributed by atoms with E-state index < -0.39 is 11.9 Å². The Bertz CT molecular complexity index is 1350. The van der Waals surface area contributed by atoms with Gasteiger partial charge < -0.3 is 9.15 Å². The van der Waals surface area contributed by atoms with Crippen LogP contribution < -0.4 is 15.1 Å². The van der Waals surface area contributed by atoms with E-state index in [1.807, 2.05) is 38.1 Å². The van der Waals surface area contributed by atoms with Crippen molar-refractivity contribution < 1.29 is 13.9 Å². The number of thiazole rings is 1. The molecule has 1 atom stereocenters. The van der Waals surface area contributed by atoms with Gasteiger partial charge in [0.25, 0.3) is 5.91 Å². The van der Waals surface area contributed by atoms with Gasteiger partial charge in [0.05, 0.1) is 23.1 Å². The molecule has 6 nitrogen and oxygen atoms in total. The zero-order chi connectivity index (χ0) is 21.7. The zero-order valence-corrected chi connectivity index (χ0v) is 18.2. The number of carbonyl (C=O) groups is 1. The number of hydrogen-bond donors (Lipinski definition) is 0. The molecule has 0 aliphatic carbocycles. The fraction of sp³-hybridized carbons (Fsp3) is 0.174. The van der Waals surface area contributed by atoms with E-state index in [2.05, 4.69) is 4.98 Å². The molecule has 0 radical (unpaired) electrons. The minimum atomic E-state index is -0.665. The van der Waals surface area contributed by atoms with Crippen LogP contribution in [0.15, 0.2) is 63.3 Å². The summed E-state index contributed by atoms with van der Waals surface area (Å²) in [5, 5.41) is 3.04. The van der Waals surface area contributed by atoms with Crippen molar-refractivity contribution >= 4 is 44.9 Å². The second-order valence-corrected chi connectivity index (χ2v) is 8.75. The SMILES string of the molecule is CC(C)Oc1ccc([C@@H]2c3c(oc4ccc(Cl)cc4c3=O)C(=O)N2c2nccs2)cc1. The fourth-order valence-electron chi connectivity index (χ4n) is 3.79. The number of hydrogen-bond acceptors (Lipinski definition) is 6. The molecule has 156 valence electrons. The van der Waals surface area contributed by atoms with E-state index in [4.69, 9.17) is 20.8 Å². The van der Waals surface area contributed by atoms with Crippen molar-refractivity contribution in [2.75, 3.05) is 4.90 Å². The number of benzene rings is 2. The number of amides is 1. The summed E-state index contributed by atoms with van der Waals surface area (Å²) in [7, 11) is 0. The average molecular weight is 453 g/mol. The third kappa shape index (κ3) is 3.30. The summed E-state index contributed by atoms with van der Waals surface area (Å²) in [6, 6.07) is 11.5. The van der Waals surface area contributed by atoms with Crippen molar-refractivity contribution in [3.05, 3.63) is 86.2 Å². The topological polar surface area (TPSA) is 72.6 Å². The lowest BCUT2D eigenvalue weighted by molar-refractivity contribution is 0.0971. The molecule has 0 unspecified atom stereocenters. The van der Waals surface area contributed by atoms with Crippen molar-refractivity contribution in [1.29, 1.82) is 0 Å². The number of halogens is 1. The van der Waals surface area contributed by atoms with E-state index in [-0.39, 0.29) is 22.9 Å². The van der Waals surface area contributed by atoms with Gasteiger partial charge in [-0.2, -0.15) is 0 Å². The minimum Gasteiger partial charge on any atom is -0.491 e. The Morgan fingerprint density at radius 3 is 2.61 bits per heavy atom. The Balaban J connectivity index is 1.73. The highest BCUT2D eigenvalue weighted by molar-refractivity contribution is 7.13. The maximum atomic E-state index is 13.5. The van der Waals surface area contributed by atoms with Crippen LogP contribution in [-0.4, -0.2) is 17.0 Å². The fourth-order valence-corrected chi connectivity index (χ4v) is 4.63. The summed E-state index contributed by atoms with van der Waals surface area (Å²) in [4.78, 5) is 32.7. The lowest BCUT2D eigenvalue weighted by atomic mass is 9.98. The molecule has 1 aliphatic heterocycles. The second kappa shape index (κ2) is 7.51. The molecule has 5 rings (SSSR count). The van der Waals surface area contributed by atoms with Crippen molar-refractivity contribution in [3.63, 3.8) is 0 Å². The van der Waals surface area contributed by atoms with Crippen molar-refractivity contribution in [1.82, 2.24) is 4.98 Å². The zero-order valence-electron chi connectivity index (χ0n) is 16.7. The monoisotopic (exact) mass is 452 g/mol. The van der Waals surface area contributed by atoms with Gasteiger partial charge in [-0.15, -0.1) is 11.3 Å². The molecular formula is C23H17ClN2O4S. The lowest BCUT2D eigenvalue weighted by Crippen LogP contribution is -2.29. The number of carbonyl (C=O) groups excluding carboxylic acids is 1. The summed E-state index contributed by atoms with van der Waals surface area (Å²) in [6.07, 6.45) is 1.66. The molecule has 2 aromatic carbocycles. The summed E-state index contributed by atoms with van der Waals surface area (Å²) in [5.41, 5.74) is 1.08. The second-order valence-electron chi connectivity index (χ2n) is 7.44. The standard InChI is InChI=1S/C23H17ClN2O4S/c1-12(2)29-15-6-3-13(4-7-15)19-18-20(27)16-11-14(24)5-8-17(16)30-21(18)22(28)26(19)23-25-9-10-31-23/h3-12,19H,1-2H3/t19-/m1/s1. The van der Waals surface area contributed by atoms with Gasteiger partial charge in [0.1, 0.15) is 11.3 Å². The summed E-state index contributed by atoms with van der Waals surface area (Å²) < 4.78 is 11.6. The molecule has 3 heterocycles. The van der Waals surface area contributed by atoms with Crippen molar-refractivity contribution in [2.45, 2.75) is 26.0 Å². The molecule has 4 aromatic rings. The van der Waals surface area contributed by atoms with Gasteiger partial charge >= 0.3 is 0 Å². The van der Waals surface area contributed by atoms with Crippen LogP contribution in [0.25, 0.3) is 11.0 Å². The van der Waals surface area contributed by atoms with E-state index in [0.717, 1.165) is 5.56 Å². The first-order valence-corrected chi connectivity index (χ1v) is 11.0. The predicted molar refractivity (Wildman–Crippen MR) is 120 cm³/mol. The number of anilines is 1. The van der Waals surface area contributed by atoms with Gasteiger partial charge in [-0.05, 0) is 49.7 Å². The number of fused-ring (bicyclic) bond motifs is 2. The minimum absolute atomic E-state index is 0.0301. The molecule has 2 aromatic heterocycles. The smallest absolute Gasteiger partial charge is 0.297 e. The lowest BCUT2D eigenvalue weighted by Gasteiger charge is -2.22. The predicted octanol–water partition coefficient (Wildman–Crippen LogP) is 5.44. The highest BCUT2D eigenvalue weighted by Crippen LogP contribution is 2.42. The normalized spacial score (nSPS) is 15.7. The van der Waals surface area contributed by atoms with Crippen LogP contribution in [0.4, 0.5) is 5.13 Å². The molecule has 8 heteroatoms. The Morgan fingerprint density at radius 1 is 1.16 bits per heavy atom. The highest BCUT2D eigenvalue weighted by atomic mass is 35.5. The molecule has 0 fully saturated rings. The molecule has 0 saturated heterocycles. The third-order valence-corrected chi connectivity index (χ3v) is 6.03. The number of rotatable bonds is 4. The first-order valence-electron chi connectivity index (χ1n) is 9.70. The molecule has 31 heavy (non-hydrogen) atoms. The van der Waals surface area contributed by atoms with Crippen LogP contribution in [0.3, 0.4) is 0 Å². The molecular weight excluding hydrogens is 436 g/mol. The van der Waals surface area contributed by atoms with Crippen LogP contribution in [-0.2, 0) is 0 Å². The molecule has 0 spiro atoms. The van der Waals surface area contributed by atoms with Gasteiger partial charge in [-0.3, -0.25) is 14.5 Å². The quantitative estimate of drug-likeness (QED) is 0.412. The maximum Gasteiger partial charge on any atom is 0.297 e. The van der Waals surface area contributed by atoms with E-state index in [9.17, 15) is 9.59 Å². The Morgan fingerprint density at radius 2 is 1.94 bits per heavy atom. The van der Waals surface area contributed by atoms with E-state index in [1.165, 1.54) is 16.2 Å². The first kappa shape index (κ1) is 19.8. The maximum absolute atomic E-state index is 13.5.